The highest BCUT2D eigenvalue weighted by atomic mass is 32.1. The van der Waals surface area contributed by atoms with E-state index < -0.39 is 0 Å². The van der Waals surface area contributed by atoms with Crippen molar-refractivity contribution in [3.63, 3.8) is 0 Å². The van der Waals surface area contributed by atoms with Crippen molar-refractivity contribution in [1.82, 2.24) is 4.98 Å². The predicted octanol–water partition coefficient (Wildman–Crippen LogP) is 3.24. The van der Waals surface area contributed by atoms with Crippen LogP contribution in [0.5, 0.6) is 0 Å². The van der Waals surface area contributed by atoms with Gasteiger partial charge in [-0.05, 0) is 38.4 Å². The minimum absolute atomic E-state index is 0.665. The van der Waals surface area contributed by atoms with E-state index in [-0.39, 0.29) is 0 Å². The van der Waals surface area contributed by atoms with Crippen LogP contribution < -0.4 is 5.73 Å². The lowest BCUT2D eigenvalue weighted by Crippen LogP contribution is -2.02. The van der Waals surface area contributed by atoms with Crippen LogP contribution in [0.1, 0.15) is 21.7 Å². The first-order valence-electron chi connectivity index (χ1n) is 5.84. The minimum Gasteiger partial charge on any atom is -0.330 e. The lowest BCUT2D eigenvalue weighted by atomic mass is 9.98. The molecule has 3 heteroatoms. The van der Waals surface area contributed by atoms with Gasteiger partial charge in [0.05, 0.1) is 10.7 Å². The fraction of sp³-hybridized carbons (Fsp3) is 0.357. The fourth-order valence-electron chi connectivity index (χ4n) is 2.25. The molecule has 0 spiro atoms. The van der Waals surface area contributed by atoms with Crippen LogP contribution in [0.2, 0.25) is 0 Å². The van der Waals surface area contributed by atoms with Crippen LogP contribution in [0.4, 0.5) is 0 Å². The maximum absolute atomic E-state index is 5.55. The largest absolute Gasteiger partial charge is 0.330 e. The van der Waals surface area contributed by atoms with Gasteiger partial charge in [0.25, 0.3) is 0 Å². The first-order chi connectivity index (χ1) is 8.11. The smallest absolute Gasteiger partial charge is 0.0945 e. The van der Waals surface area contributed by atoms with Crippen LogP contribution in [0.3, 0.4) is 0 Å². The number of nitrogens with two attached hydrogens (primary N) is 1. The Balaban J connectivity index is 2.45. The van der Waals surface area contributed by atoms with Crippen molar-refractivity contribution in [2.45, 2.75) is 27.2 Å². The van der Waals surface area contributed by atoms with Gasteiger partial charge in [0, 0.05) is 17.4 Å². The first-order valence-corrected chi connectivity index (χ1v) is 6.72. The van der Waals surface area contributed by atoms with Crippen LogP contribution >= 0.6 is 11.3 Å². The molecule has 0 aliphatic carbocycles. The van der Waals surface area contributed by atoms with Crippen LogP contribution in [0.15, 0.2) is 17.5 Å². The quantitative estimate of drug-likeness (QED) is 0.903. The molecule has 0 fully saturated rings. The van der Waals surface area contributed by atoms with Gasteiger partial charge < -0.3 is 5.73 Å². The number of thiazole rings is 1. The highest BCUT2D eigenvalue weighted by Crippen LogP contribution is 2.29. The third-order valence-corrected chi connectivity index (χ3v) is 3.75. The molecule has 2 aromatic rings. The highest BCUT2D eigenvalue weighted by Gasteiger charge is 2.10. The molecule has 2 nitrogen and oxygen atoms in total. The Morgan fingerprint density at radius 3 is 2.41 bits per heavy atom. The summed E-state index contributed by atoms with van der Waals surface area (Å²) in [4.78, 5) is 4.66. The molecule has 0 amide bonds. The van der Waals surface area contributed by atoms with Crippen molar-refractivity contribution < 1.29 is 0 Å². The summed E-state index contributed by atoms with van der Waals surface area (Å²) < 4.78 is 0. The molecule has 0 saturated carbocycles. The average Bonchev–Trinajstić information content (AvgIpc) is 2.65. The second-order valence-electron chi connectivity index (χ2n) is 4.44. The van der Waals surface area contributed by atoms with E-state index in [1.807, 2.05) is 0 Å². The zero-order chi connectivity index (χ0) is 12.4. The van der Waals surface area contributed by atoms with E-state index >= 15 is 0 Å². The molecule has 2 N–H and O–H groups in total. The summed E-state index contributed by atoms with van der Waals surface area (Å²) in [6.07, 6.45) is 0.870. The molecular weight excluding hydrogens is 228 g/mol. The molecule has 0 saturated heterocycles. The normalized spacial score (nSPS) is 10.8. The molecule has 90 valence electrons. The monoisotopic (exact) mass is 246 g/mol. The third-order valence-electron chi connectivity index (χ3n) is 2.84. The number of hydrogen-bond acceptors (Lipinski definition) is 3. The number of aromatic nitrogens is 1. The molecule has 1 aromatic carbocycles. The Hall–Kier alpha value is -1.19. The number of aryl methyl sites for hydroxylation is 3. The summed E-state index contributed by atoms with van der Waals surface area (Å²) >= 11 is 1.70. The Bertz CT molecular complexity index is 506. The maximum Gasteiger partial charge on any atom is 0.0945 e. The zero-order valence-corrected chi connectivity index (χ0v) is 11.4. The standard InChI is InChI=1S/C14H18N2S/c1-9-6-10(2)14(11(3)7-9)12-8-17-13(16-12)4-5-15/h6-8H,4-5,15H2,1-3H3. The van der Waals surface area contributed by atoms with E-state index in [1.165, 1.54) is 22.3 Å². The van der Waals surface area contributed by atoms with E-state index in [1.54, 1.807) is 11.3 Å². The lowest BCUT2D eigenvalue weighted by Gasteiger charge is -2.08. The van der Waals surface area contributed by atoms with Gasteiger partial charge in [-0.15, -0.1) is 11.3 Å². The van der Waals surface area contributed by atoms with Crippen molar-refractivity contribution >= 4 is 11.3 Å². The van der Waals surface area contributed by atoms with Crippen molar-refractivity contribution in [1.29, 1.82) is 0 Å². The number of hydrogen-bond donors (Lipinski definition) is 1. The first kappa shape index (κ1) is 12.3. The molecule has 0 aliphatic rings. The fourth-order valence-corrected chi connectivity index (χ4v) is 3.05. The second-order valence-corrected chi connectivity index (χ2v) is 5.38. The van der Waals surface area contributed by atoms with E-state index in [4.69, 9.17) is 5.73 Å². The Labute approximate surface area is 107 Å². The highest BCUT2D eigenvalue weighted by molar-refractivity contribution is 7.09. The zero-order valence-electron chi connectivity index (χ0n) is 10.6. The van der Waals surface area contributed by atoms with Gasteiger partial charge in [-0.25, -0.2) is 4.98 Å². The maximum atomic E-state index is 5.55. The van der Waals surface area contributed by atoms with Crippen LogP contribution in [0.25, 0.3) is 11.3 Å². The van der Waals surface area contributed by atoms with Gasteiger partial charge in [-0.2, -0.15) is 0 Å². The number of benzene rings is 1. The van der Waals surface area contributed by atoms with Gasteiger partial charge in [-0.1, -0.05) is 17.7 Å². The molecular formula is C14H18N2S. The molecule has 1 heterocycles. The molecule has 0 bridgehead atoms. The van der Waals surface area contributed by atoms with Crippen LogP contribution in [-0.2, 0) is 6.42 Å². The number of nitrogens with zero attached hydrogens (tertiary/aromatic N) is 1. The summed E-state index contributed by atoms with van der Waals surface area (Å²) in [7, 11) is 0. The van der Waals surface area contributed by atoms with E-state index in [0.717, 1.165) is 17.1 Å². The van der Waals surface area contributed by atoms with Crippen molar-refractivity contribution in [3.05, 3.63) is 39.2 Å². The Morgan fingerprint density at radius 1 is 1.18 bits per heavy atom. The van der Waals surface area contributed by atoms with Gasteiger partial charge >= 0.3 is 0 Å². The average molecular weight is 246 g/mol. The topological polar surface area (TPSA) is 38.9 Å². The van der Waals surface area contributed by atoms with Crippen molar-refractivity contribution in [2.24, 2.45) is 5.73 Å². The summed E-state index contributed by atoms with van der Waals surface area (Å²) in [5.74, 6) is 0. The van der Waals surface area contributed by atoms with Crippen LogP contribution in [-0.4, -0.2) is 11.5 Å². The molecule has 0 atom stereocenters. The summed E-state index contributed by atoms with van der Waals surface area (Å²) in [6, 6.07) is 4.43. The molecule has 0 aliphatic heterocycles. The Kier molecular flexibility index (Phi) is 3.60. The van der Waals surface area contributed by atoms with E-state index in [9.17, 15) is 0 Å². The van der Waals surface area contributed by atoms with Crippen molar-refractivity contribution in [2.75, 3.05) is 6.54 Å². The summed E-state index contributed by atoms with van der Waals surface area (Å²) in [5, 5.41) is 3.26. The minimum atomic E-state index is 0.665. The summed E-state index contributed by atoms with van der Waals surface area (Å²) in [6.45, 7) is 7.10. The molecule has 1 aromatic heterocycles. The van der Waals surface area contributed by atoms with Gasteiger partial charge in [0.1, 0.15) is 0 Å². The lowest BCUT2D eigenvalue weighted by molar-refractivity contribution is 0.954. The van der Waals surface area contributed by atoms with Gasteiger partial charge in [0.15, 0.2) is 0 Å². The molecule has 2 rings (SSSR count). The van der Waals surface area contributed by atoms with Crippen molar-refractivity contribution in [3.8, 4) is 11.3 Å². The number of rotatable bonds is 3. The SMILES string of the molecule is Cc1cc(C)c(-c2csc(CCN)n2)c(C)c1. The van der Waals surface area contributed by atoms with E-state index in [2.05, 4.69) is 43.3 Å². The van der Waals surface area contributed by atoms with Crippen LogP contribution in [0, 0.1) is 20.8 Å². The molecule has 0 unspecified atom stereocenters. The summed E-state index contributed by atoms with van der Waals surface area (Å²) in [5.41, 5.74) is 11.8. The molecule has 17 heavy (non-hydrogen) atoms. The van der Waals surface area contributed by atoms with Gasteiger partial charge in [0.2, 0.25) is 0 Å². The molecule has 0 radical (unpaired) electrons. The predicted molar refractivity (Wildman–Crippen MR) is 74.5 cm³/mol. The van der Waals surface area contributed by atoms with E-state index in [0.29, 0.717) is 6.54 Å². The third kappa shape index (κ3) is 2.56. The Morgan fingerprint density at radius 2 is 1.82 bits per heavy atom. The second kappa shape index (κ2) is 4.98. The van der Waals surface area contributed by atoms with Gasteiger partial charge in [-0.3, -0.25) is 0 Å².